The molecule has 118 valence electrons. The highest BCUT2D eigenvalue weighted by Gasteiger charge is 2.38. The van der Waals surface area contributed by atoms with Crippen molar-refractivity contribution in [3.05, 3.63) is 46.2 Å². The molecule has 0 bridgehead atoms. The number of thiophene rings is 1. The fourth-order valence-electron chi connectivity index (χ4n) is 2.50. The van der Waals surface area contributed by atoms with Crippen molar-refractivity contribution >= 4 is 21.4 Å². The Morgan fingerprint density at radius 3 is 2.64 bits per heavy atom. The molecule has 6 heteroatoms. The van der Waals surface area contributed by atoms with Gasteiger partial charge in [0, 0.05) is 12.6 Å². The van der Waals surface area contributed by atoms with Gasteiger partial charge in [0.1, 0.15) is 5.75 Å². The predicted octanol–water partition coefficient (Wildman–Crippen LogP) is 3.42. The topological polar surface area (TPSA) is 46.6 Å². The third-order valence-electron chi connectivity index (χ3n) is 3.84. The highest BCUT2D eigenvalue weighted by Crippen LogP contribution is 2.35. The molecule has 1 saturated carbocycles. The van der Waals surface area contributed by atoms with Crippen molar-refractivity contribution in [2.45, 2.75) is 37.2 Å². The second kappa shape index (κ2) is 6.02. The predicted molar refractivity (Wildman–Crippen MR) is 87.8 cm³/mol. The third-order valence-corrected chi connectivity index (χ3v) is 6.63. The van der Waals surface area contributed by atoms with Gasteiger partial charge in [-0.15, -0.1) is 0 Å². The molecule has 1 heterocycles. The molecule has 3 rings (SSSR count). The van der Waals surface area contributed by atoms with Crippen molar-refractivity contribution in [1.82, 2.24) is 4.31 Å². The van der Waals surface area contributed by atoms with E-state index in [1.807, 2.05) is 23.8 Å². The highest BCUT2D eigenvalue weighted by molar-refractivity contribution is 7.89. The smallest absolute Gasteiger partial charge is 0.243 e. The lowest BCUT2D eigenvalue weighted by molar-refractivity contribution is 0.398. The van der Waals surface area contributed by atoms with Crippen LogP contribution in [-0.4, -0.2) is 25.9 Å². The SMILES string of the molecule is COc1ccc(S(=O)(=O)N(Cc2ccsc2)C2CC2)c(C)c1. The molecular weight excluding hydrogens is 318 g/mol. The van der Waals surface area contributed by atoms with Gasteiger partial charge < -0.3 is 4.74 Å². The molecule has 0 unspecified atom stereocenters. The van der Waals surface area contributed by atoms with Crippen LogP contribution in [0.4, 0.5) is 0 Å². The summed E-state index contributed by atoms with van der Waals surface area (Å²) in [6.07, 6.45) is 1.89. The highest BCUT2D eigenvalue weighted by atomic mass is 32.2. The summed E-state index contributed by atoms with van der Waals surface area (Å²) in [5.41, 5.74) is 1.77. The molecule has 0 saturated heterocycles. The van der Waals surface area contributed by atoms with Gasteiger partial charge in [-0.25, -0.2) is 8.42 Å². The molecule has 1 aliphatic rings. The van der Waals surface area contributed by atoms with Gasteiger partial charge in [0.05, 0.1) is 12.0 Å². The molecular formula is C16H19NO3S2. The second-order valence-corrected chi connectivity index (χ2v) is 8.18. The molecule has 0 spiro atoms. The van der Waals surface area contributed by atoms with E-state index in [4.69, 9.17) is 4.74 Å². The lowest BCUT2D eigenvalue weighted by atomic mass is 10.2. The molecule has 2 aromatic rings. The Hall–Kier alpha value is -1.37. The molecule has 1 aromatic carbocycles. The molecule has 1 aromatic heterocycles. The lowest BCUT2D eigenvalue weighted by Gasteiger charge is -2.22. The fourth-order valence-corrected chi connectivity index (χ4v) is 5.04. The van der Waals surface area contributed by atoms with Gasteiger partial charge in [0.2, 0.25) is 10.0 Å². The number of aryl methyl sites for hydroxylation is 1. The Bertz CT molecular complexity index is 750. The third kappa shape index (κ3) is 3.04. The van der Waals surface area contributed by atoms with E-state index in [1.165, 1.54) is 0 Å². The van der Waals surface area contributed by atoms with Gasteiger partial charge in [-0.3, -0.25) is 0 Å². The Morgan fingerprint density at radius 1 is 1.32 bits per heavy atom. The van der Waals surface area contributed by atoms with Gasteiger partial charge >= 0.3 is 0 Å². The monoisotopic (exact) mass is 337 g/mol. The summed E-state index contributed by atoms with van der Waals surface area (Å²) in [5, 5.41) is 3.98. The van der Waals surface area contributed by atoms with Gasteiger partial charge in [0.15, 0.2) is 0 Å². The van der Waals surface area contributed by atoms with Gasteiger partial charge in [-0.05, 0) is 65.9 Å². The average molecular weight is 337 g/mol. The number of nitrogens with zero attached hydrogens (tertiary/aromatic N) is 1. The first-order valence-electron chi connectivity index (χ1n) is 7.20. The van der Waals surface area contributed by atoms with Crippen molar-refractivity contribution < 1.29 is 13.2 Å². The molecule has 0 radical (unpaired) electrons. The number of benzene rings is 1. The minimum Gasteiger partial charge on any atom is -0.497 e. The minimum absolute atomic E-state index is 0.131. The van der Waals surface area contributed by atoms with Crippen LogP contribution in [0.5, 0.6) is 5.75 Å². The maximum absolute atomic E-state index is 13.0. The first kappa shape index (κ1) is 15.5. The zero-order valence-corrected chi connectivity index (χ0v) is 14.3. The maximum atomic E-state index is 13.0. The Balaban J connectivity index is 1.95. The summed E-state index contributed by atoms with van der Waals surface area (Å²) in [4.78, 5) is 0.371. The van der Waals surface area contributed by atoms with E-state index in [9.17, 15) is 8.42 Å². The molecule has 1 aliphatic carbocycles. The second-order valence-electron chi connectivity index (χ2n) is 5.54. The minimum atomic E-state index is -3.49. The van der Waals surface area contributed by atoms with Crippen LogP contribution in [-0.2, 0) is 16.6 Å². The van der Waals surface area contributed by atoms with Crippen molar-refractivity contribution in [2.75, 3.05) is 7.11 Å². The van der Waals surface area contributed by atoms with Crippen LogP contribution in [0.1, 0.15) is 24.0 Å². The molecule has 1 fully saturated rings. The molecule has 0 N–H and O–H groups in total. The van der Waals surface area contributed by atoms with Gasteiger partial charge in [0.25, 0.3) is 0 Å². The van der Waals surface area contributed by atoms with Crippen molar-refractivity contribution in [3.63, 3.8) is 0 Å². The summed E-state index contributed by atoms with van der Waals surface area (Å²) < 4.78 is 32.9. The number of hydrogen-bond donors (Lipinski definition) is 0. The summed E-state index contributed by atoms with van der Waals surface area (Å²) in [6.45, 7) is 2.26. The molecule has 0 amide bonds. The zero-order chi connectivity index (χ0) is 15.7. The first-order chi connectivity index (χ1) is 10.5. The van der Waals surface area contributed by atoms with Crippen LogP contribution in [0.15, 0.2) is 39.9 Å². The van der Waals surface area contributed by atoms with E-state index in [-0.39, 0.29) is 6.04 Å². The van der Waals surface area contributed by atoms with Crippen molar-refractivity contribution in [1.29, 1.82) is 0 Å². The average Bonchev–Trinajstić information content (AvgIpc) is 3.20. The molecule has 4 nitrogen and oxygen atoms in total. The first-order valence-corrected chi connectivity index (χ1v) is 9.58. The van der Waals surface area contributed by atoms with Crippen LogP contribution in [0.25, 0.3) is 0 Å². The van der Waals surface area contributed by atoms with Gasteiger partial charge in [-0.1, -0.05) is 0 Å². The van der Waals surface area contributed by atoms with Crippen LogP contribution in [0.2, 0.25) is 0 Å². The summed E-state index contributed by atoms with van der Waals surface area (Å²) in [5.74, 6) is 0.673. The number of methoxy groups -OCH3 is 1. The number of ether oxygens (including phenoxy) is 1. The van der Waals surface area contributed by atoms with Crippen LogP contribution < -0.4 is 4.74 Å². The Labute approximate surface area is 135 Å². The van der Waals surface area contributed by atoms with Crippen LogP contribution in [0, 0.1) is 6.92 Å². The zero-order valence-electron chi connectivity index (χ0n) is 12.7. The van der Waals surface area contributed by atoms with E-state index >= 15 is 0 Å². The van der Waals surface area contributed by atoms with E-state index in [0.29, 0.717) is 17.2 Å². The quantitative estimate of drug-likeness (QED) is 0.811. The lowest BCUT2D eigenvalue weighted by Crippen LogP contribution is -2.33. The van der Waals surface area contributed by atoms with E-state index in [1.54, 1.807) is 41.0 Å². The number of rotatable bonds is 6. The molecule has 0 aliphatic heterocycles. The van der Waals surface area contributed by atoms with E-state index in [0.717, 1.165) is 24.0 Å². The Morgan fingerprint density at radius 2 is 2.09 bits per heavy atom. The van der Waals surface area contributed by atoms with Crippen LogP contribution >= 0.6 is 11.3 Å². The summed E-state index contributed by atoms with van der Waals surface area (Å²) >= 11 is 1.59. The molecule has 22 heavy (non-hydrogen) atoms. The van der Waals surface area contributed by atoms with E-state index in [2.05, 4.69) is 0 Å². The number of sulfonamides is 1. The van der Waals surface area contributed by atoms with E-state index < -0.39 is 10.0 Å². The van der Waals surface area contributed by atoms with Crippen molar-refractivity contribution in [2.24, 2.45) is 0 Å². The molecule has 0 atom stereocenters. The van der Waals surface area contributed by atoms with Gasteiger partial charge in [-0.2, -0.15) is 15.6 Å². The Kier molecular flexibility index (Phi) is 4.25. The standard InChI is InChI=1S/C16H19NO3S2/c1-12-9-15(20-2)5-6-16(12)22(18,19)17(14-3-4-14)10-13-7-8-21-11-13/h5-9,11,14H,3-4,10H2,1-2H3. The summed E-state index contributed by atoms with van der Waals surface area (Å²) in [6, 6.07) is 7.23. The fraction of sp³-hybridized carbons (Fsp3) is 0.375. The summed E-state index contributed by atoms with van der Waals surface area (Å²) in [7, 11) is -1.91. The largest absolute Gasteiger partial charge is 0.497 e. The maximum Gasteiger partial charge on any atom is 0.243 e. The van der Waals surface area contributed by atoms with Crippen molar-refractivity contribution in [3.8, 4) is 5.75 Å². The normalized spacial score (nSPS) is 15.2. The number of hydrogen-bond acceptors (Lipinski definition) is 4. The van der Waals surface area contributed by atoms with Crippen LogP contribution in [0.3, 0.4) is 0 Å².